The average molecular weight is 353 g/mol. The Kier molecular flexibility index (Phi) is 5.25. The quantitative estimate of drug-likeness (QED) is 0.909. The van der Waals surface area contributed by atoms with E-state index in [1.807, 2.05) is 0 Å². The lowest BCUT2D eigenvalue weighted by Crippen LogP contribution is -2.55. The Bertz CT molecular complexity index is 587. The second kappa shape index (κ2) is 6.68. The van der Waals surface area contributed by atoms with Crippen molar-refractivity contribution in [3.63, 3.8) is 0 Å². The van der Waals surface area contributed by atoms with Crippen molar-refractivity contribution in [2.75, 3.05) is 6.54 Å². The summed E-state index contributed by atoms with van der Waals surface area (Å²) in [6, 6.07) is -1.83. The normalized spacial score (nSPS) is 23.1. The molecule has 1 amide bonds. The number of nitrogens with zero attached hydrogens (tertiary/aromatic N) is 3. The zero-order valence-electron chi connectivity index (χ0n) is 13.2. The predicted octanol–water partition coefficient (Wildman–Crippen LogP) is 2.41. The molecule has 0 aromatic carbocycles. The summed E-state index contributed by atoms with van der Waals surface area (Å²) in [7, 11) is 1.65. The van der Waals surface area contributed by atoms with Gasteiger partial charge in [0.15, 0.2) is 0 Å². The first-order valence-corrected chi connectivity index (χ1v) is 7.73. The first kappa shape index (κ1) is 18.1. The third kappa shape index (κ3) is 4.17. The molecule has 1 saturated heterocycles. The third-order valence-electron chi connectivity index (χ3n) is 4.10. The van der Waals surface area contributed by atoms with E-state index in [1.54, 1.807) is 14.0 Å². The highest BCUT2D eigenvalue weighted by molar-refractivity contribution is 6.30. The molecule has 0 spiro atoms. The van der Waals surface area contributed by atoms with Crippen LogP contribution in [0.4, 0.5) is 13.2 Å². The van der Waals surface area contributed by atoms with Gasteiger partial charge in [-0.1, -0.05) is 11.6 Å². The van der Waals surface area contributed by atoms with Gasteiger partial charge >= 0.3 is 6.18 Å². The Morgan fingerprint density at radius 2 is 2.09 bits per heavy atom. The molecule has 0 unspecified atom stereocenters. The molecule has 9 heteroatoms. The number of carbonyl (C=O) groups is 1. The average Bonchev–Trinajstić information content (AvgIpc) is 2.63. The van der Waals surface area contributed by atoms with Crippen molar-refractivity contribution in [2.45, 2.75) is 51.5 Å². The van der Waals surface area contributed by atoms with Crippen LogP contribution in [0.25, 0.3) is 0 Å². The van der Waals surface area contributed by atoms with Gasteiger partial charge < -0.3 is 5.32 Å². The number of amides is 1. The number of likely N-dealkylation sites (tertiary alicyclic amines) is 1. The van der Waals surface area contributed by atoms with Gasteiger partial charge in [-0.2, -0.15) is 18.3 Å². The minimum atomic E-state index is -4.32. The molecule has 1 aromatic rings. The largest absolute Gasteiger partial charge is 0.404 e. The highest BCUT2D eigenvalue weighted by Crippen LogP contribution is 2.34. The SMILES string of the molecule is CC(=O)N[C@H]1CC[C@@H](C(F)(F)F)N(Cc2c(C)nn(C)c2Cl)C1. The number of hydrogen-bond donors (Lipinski definition) is 1. The molecular formula is C14H20ClF3N4O. The van der Waals surface area contributed by atoms with Crippen LogP contribution in [0.2, 0.25) is 5.15 Å². The number of aromatic nitrogens is 2. The fourth-order valence-electron chi connectivity index (χ4n) is 3.05. The Morgan fingerprint density at radius 1 is 1.43 bits per heavy atom. The summed E-state index contributed by atoms with van der Waals surface area (Å²) in [5.41, 5.74) is 1.20. The van der Waals surface area contributed by atoms with E-state index in [0.717, 1.165) is 0 Å². The lowest BCUT2D eigenvalue weighted by Gasteiger charge is -2.40. The third-order valence-corrected chi connectivity index (χ3v) is 4.57. The molecule has 0 aliphatic carbocycles. The van der Waals surface area contributed by atoms with Gasteiger partial charge in [0.25, 0.3) is 0 Å². The highest BCUT2D eigenvalue weighted by atomic mass is 35.5. The second-order valence-electron chi connectivity index (χ2n) is 5.94. The zero-order valence-corrected chi connectivity index (χ0v) is 14.0. The lowest BCUT2D eigenvalue weighted by molar-refractivity contribution is -0.194. The summed E-state index contributed by atoms with van der Waals surface area (Å²) >= 11 is 6.14. The monoisotopic (exact) mass is 352 g/mol. The first-order chi connectivity index (χ1) is 10.6. The standard InChI is InChI=1S/C14H20ClF3N4O/c1-8-11(13(15)21(3)20-8)7-22-6-10(19-9(2)23)4-5-12(22)14(16,17)18/h10,12H,4-7H2,1-3H3,(H,19,23)/t10-,12-/m0/s1. The number of aryl methyl sites for hydroxylation is 2. The van der Waals surface area contributed by atoms with E-state index >= 15 is 0 Å². The summed E-state index contributed by atoms with van der Waals surface area (Å²) in [6.45, 7) is 3.27. The molecule has 1 aliphatic heterocycles. The molecule has 5 nitrogen and oxygen atoms in total. The molecule has 0 radical (unpaired) electrons. The van der Waals surface area contributed by atoms with Crippen molar-refractivity contribution < 1.29 is 18.0 Å². The number of carbonyl (C=O) groups excluding carboxylic acids is 1. The summed E-state index contributed by atoms with van der Waals surface area (Å²) < 4.78 is 41.4. The van der Waals surface area contributed by atoms with Crippen LogP contribution in [0.15, 0.2) is 0 Å². The van der Waals surface area contributed by atoms with Gasteiger partial charge in [-0.05, 0) is 19.8 Å². The topological polar surface area (TPSA) is 50.2 Å². The highest BCUT2D eigenvalue weighted by Gasteiger charge is 2.46. The van der Waals surface area contributed by atoms with Crippen molar-refractivity contribution in [1.82, 2.24) is 20.0 Å². The Morgan fingerprint density at radius 3 is 2.57 bits per heavy atom. The van der Waals surface area contributed by atoms with Gasteiger partial charge in [0.1, 0.15) is 11.2 Å². The van der Waals surface area contributed by atoms with E-state index in [2.05, 4.69) is 10.4 Å². The van der Waals surface area contributed by atoms with Crippen LogP contribution in [-0.4, -0.2) is 45.4 Å². The fraction of sp³-hybridized carbons (Fsp3) is 0.714. The smallest absolute Gasteiger partial charge is 0.352 e. The van der Waals surface area contributed by atoms with Gasteiger partial charge in [0.05, 0.1) is 5.69 Å². The van der Waals surface area contributed by atoms with Crippen molar-refractivity contribution in [1.29, 1.82) is 0 Å². The van der Waals surface area contributed by atoms with Crippen molar-refractivity contribution in [3.8, 4) is 0 Å². The van der Waals surface area contributed by atoms with Crippen LogP contribution < -0.4 is 5.32 Å². The predicted molar refractivity (Wildman–Crippen MR) is 80.0 cm³/mol. The minimum Gasteiger partial charge on any atom is -0.352 e. The second-order valence-corrected chi connectivity index (χ2v) is 6.30. The Hall–Kier alpha value is -1.28. The fourth-order valence-corrected chi connectivity index (χ4v) is 3.28. The van der Waals surface area contributed by atoms with Gasteiger partial charge in [0.2, 0.25) is 5.91 Å². The maximum absolute atomic E-state index is 13.3. The van der Waals surface area contributed by atoms with Gasteiger partial charge in [-0.25, -0.2) is 0 Å². The molecule has 0 saturated carbocycles. The molecule has 0 bridgehead atoms. The van der Waals surface area contributed by atoms with Crippen molar-refractivity contribution in [2.24, 2.45) is 7.05 Å². The number of rotatable bonds is 3. The van der Waals surface area contributed by atoms with Crippen LogP contribution in [0, 0.1) is 6.92 Å². The number of hydrogen-bond acceptors (Lipinski definition) is 3. The molecule has 1 aliphatic rings. The number of piperidine rings is 1. The van der Waals surface area contributed by atoms with E-state index in [-0.39, 0.29) is 31.5 Å². The minimum absolute atomic E-state index is 0.0502. The molecule has 23 heavy (non-hydrogen) atoms. The van der Waals surface area contributed by atoms with E-state index in [1.165, 1.54) is 16.5 Å². The summed E-state index contributed by atoms with van der Waals surface area (Å²) in [5.74, 6) is -0.240. The zero-order chi connectivity index (χ0) is 17.4. The van der Waals surface area contributed by atoms with E-state index < -0.39 is 12.2 Å². The van der Waals surface area contributed by atoms with Crippen LogP contribution in [0.1, 0.15) is 31.0 Å². The Labute approximate surface area is 137 Å². The first-order valence-electron chi connectivity index (χ1n) is 7.35. The van der Waals surface area contributed by atoms with E-state index in [9.17, 15) is 18.0 Å². The van der Waals surface area contributed by atoms with Gasteiger partial charge in [0, 0.05) is 38.7 Å². The van der Waals surface area contributed by atoms with Crippen LogP contribution >= 0.6 is 11.6 Å². The lowest BCUT2D eigenvalue weighted by atomic mass is 9.97. The number of alkyl halides is 3. The molecular weight excluding hydrogens is 333 g/mol. The molecule has 1 N–H and O–H groups in total. The van der Waals surface area contributed by atoms with E-state index in [0.29, 0.717) is 22.8 Å². The van der Waals surface area contributed by atoms with Crippen LogP contribution in [-0.2, 0) is 18.4 Å². The number of halogens is 4. The number of nitrogens with one attached hydrogen (secondary N) is 1. The summed E-state index contributed by atoms with van der Waals surface area (Å²) in [6.07, 6.45) is -4.06. The maximum atomic E-state index is 13.3. The molecule has 2 atom stereocenters. The van der Waals surface area contributed by atoms with Crippen molar-refractivity contribution >= 4 is 17.5 Å². The molecule has 1 fully saturated rings. The molecule has 1 aromatic heterocycles. The Balaban J connectivity index is 2.22. The summed E-state index contributed by atoms with van der Waals surface area (Å²) in [4.78, 5) is 12.5. The van der Waals surface area contributed by atoms with Crippen molar-refractivity contribution in [3.05, 3.63) is 16.4 Å². The molecule has 130 valence electrons. The summed E-state index contributed by atoms with van der Waals surface area (Å²) in [5, 5.41) is 7.18. The van der Waals surface area contributed by atoms with Gasteiger partial charge in [-0.15, -0.1) is 0 Å². The van der Waals surface area contributed by atoms with Gasteiger partial charge in [-0.3, -0.25) is 14.4 Å². The van der Waals surface area contributed by atoms with Crippen LogP contribution in [0.5, 0.6) is 0 Å². The van der Waals surface area contributed by atoms with E-state index in [4.69, 9.17) is 11.6 Å². The molecule has 2 heterocycles. The maximum Gasteiger partial charge on any atom is 0.404 e. The molecule has 2 rings (SSSR count). The van der Waals surface area contributed by atoms with Crippen LogP contribution in [0.3, 0.4) is 0 Å².